The second-order valence-corrected chi connectivity index (χ2v) is 5.35. The molecule has 0 aromatic heterocycles. The molecule has 0 aliphatic rings. The molecule has 0 aliphatic heterocycles. The molecule has 5 heteroatoms. The minimum absolute atomic E-state index is 0.158. The standard InChI is InChI=1S/C10H23NO3S/c1-3-5-6-7-8-11(4-2)9-10-15(12,13)14/h3-10H2,1-2H3,(H,12,13,14). The molecule has 0 aliphatic carbocycles. The van der Waals surface area contributed by atoms with Crippen molar-refractivity contribution >= 4 is 10.1 Å². The maximum Gasteiger partial charge on any atom is 0.266 e. The molecule has 1 N–H and O–H groups in total. The minimum atomic E-state index is -3.81. The lowest BCUT2D eigenvalue weighted by atomic mass is 10.2. The quantitative estimate of drug-likeness (QED) is 0.490. The molecule has 0 aromatic carbocycles. The molecule has 92 valence electrons. The molecule has 0 rings (SSSR count). The van der Waals surface area contributed by atoms with Crippen LogP contribution in [0.1, 0.15) is 39.5 Å². The third-order valence-electron chi connectivity index (χ3n) is 2.44. The third-order valence-corrected chi connectivity index (χ3v) is 3.14. The first-order valence-corrected chi connectivity index (χ1v) is 7.28. The van der Waals surface area contributed by atoms with Crippen molar-refractivity contribution in [2.75, 3.05) is 25.4 Å². The largest absolute Gasteiger partial charge is 0.303 e. The van der Waals surface area contributed by atoms with Crippen LogP contribution < -0.4 is 0 Å². The molecule has 0 unspecified atom stereocenters. The molecule has 0 atom stereocenters. The smallest absolute Gasteiger partial charge is 0.266 e. The summed E-state index contributed by atoms with van der Waals surface area (Å²) < 4.78 is 29.7. The molecule has 0 heterocycles. The second kappa shape index (κ2) is 8.07. The van der Waals surface area contributed by atoms with Crippen LogP contribution in [0, 0.1) is 0 Å². The first kappa shape index (κ1) is 14.9. The number of rotatable bonds is 9. The molecule has 0 fully saturated rings. The third kappa shape index (κ3) is 10.2. The second-order valence-electron chi connectivity index (χ2n) is 3.78. The van der Waals surface area contributed by atoms with Crippen molar-refractivity contribution in [3.8, 4) is 0 Å². The Labute approximate surface area is 93.4 Å². The topological polar surface area (TPSA) is 57.6 Å². The van der Waals surface area contributed by atoms with Crippen LogP contribution in [0.25, 0.3) is 0 Å². The molecular formula is C10H23NO3S. The number of hydrogen-bond acceptors (Lipinski definition) is 3. The summed E-state index contributed by atoms with van der Waals surface area (Å²) in [6.45, 7) is 6.36. The van der Waals surface area contributed by atoms with Gasteiger partial charge >= 0.3 is 0 Å². The van der Waals surface area contributed by atoms with Crippen molar-refractivity contribution in [2.24, 2.45) is 0 Å². The maximum atomic E-state index is 10.6. The molecule has 0 amide bonds. The summed E-state index contributed by atoms with van der Waals surface area (Å²) in [7, 11) is -3.81. The zero-order chi connectivity index (χ0) is 11.7. The number of hydrogen-bond donors (Lipinski definition) is 1. The van der Waals surface area contributed by atoms with Crippen molar-refractivity contribution in [1.82, 2.24) is 4.90 Å². The Kier molecular flexibility index (Phi) is 8.00. The van der Waals surface area contributed by atoms with Crippen molar-refractivity contribution in [3.05, 3.63) is 0 Å². The van der Waals surface area contributed by atoms with E-state index in [1.165, 1.54) is 19.3 Å². The van der Waals surface area contributed by atoms with Crippen LogP contribution >= 0.6 is 0 Å². The van der Waals surface area contributed by atoms with E-state index in [2.05, 4.69) is 11.8 Å². The molecule has 0 radical (unpaired) electrons. The Morgan fingerprint density at radius 3 is 2.20 bits per heavy atom. The van der Waals surface area contributed by atoms with E-state index in [1.54, 1.807) is 0 Å². The number of nitrogens with zero attached hydrogens (tertiary/aromatic N) is 1. The SMILES string of the molecule is CCCCCCN(CC)CCS(=O)(=O)O. The molecule has 0 saturated carbocycles. The van der Waals surface area contributed by atoms with Gasteiger partial charge in [-0.15, -0.1) is 0 Å². The van der Waals surface area contributed by atoms with E-state index in [1.807, 2.05) is 6.92 Å². The average molecular weight is 237 g/mol. The normalized spacial score (nSPS) is 12.3. The van der Waals surface area contributed by atoms with Gasteiger partial charge in [0.2, 0.25) is 0 Å². The van der Waals surface area contributed by atoms with Crippen molar-refractivity contribution < 1.29 is 13.0 Å². The van der Waals surface area contributed by atoms with E-state index >= 15 is 0 Å². The van der Waals surface area contributed by atoms with Gasteiger partial charge < -0.3 is 4.90 Å². The summed E-state index contributed by atoms with van der Waals surface area (Å²) in [5, 5.41) is 0. The van der Waals surface area contributed by atoms with Gasteiger partial charge in [-0.2, -0.15) is 8.42 Å². The monoisotopic (exact) mass is 237 g/mol. The molecule has 0 bridgehead atoms. The van der Waals surface area contributed by atoms with E-state index in [9.17, 15) is 8.42 Å². The van der Waals surface area contributed by atoms with Gasteiger partial charge in [0, 0.05) is 6.54 Å². The van der Waals surface area contributed by atoms with Crippen molar-refractivity contribution in [1.29, 1.82) is 0 Å². The summed E-state index contributed by atoms with van der Waals surface area (Å²) in [6.07, 6.45) is 4.74. The molecule has 4 nitrogen and oxygen atoms in total. The zero-order valence-electron chi connectivity index (χ0n) is 9.78. The summed E-state index contributed by atoms with van der Waals surface area (Å²) in [5.41, 5.74) is 0. The molecule has 0 spiro atoms. The Hall–Kier alpha value is -0.130. The van der Waals surface area contributed by atoms with Crippen LogP contribution in [0.2, 0.25) is 0 Å². The van der Waals surface area contributed by atoms with Gasteiger partial charge in [0.1, 0.15) is 0 Å². The highest BCUT2D eigenvalue weighted by Crippen LogP contribution is 2.01. The van der Waals surface area contributed by atoms with Crippen LogP contribution in [0.3, 0.4) is 0 Å². The molecular weight excluding hydrogens is 214 g/mol. The van der Waals surface area contributed by atoms with Crippen LogP contribution in [-0.4, -0.2) is 43.3 Å². The van der Waals surface area contributed by atoms with Gasteiger partial charge in [-0.3, -0.25) is 4.55 Å². The first-order valence-electron chi connectivity index (χ1n) is 5.67. The summed E-state index contributed by atoms with van der Waals surface area (Å²) in [5.74, 6) is -0.158. The van der Waals surface area contributed by atoms with E-state index in [0.29, 0.717) is 6.54 Å². The number of unbranched alkanes of at least 4 members (excludes halogenated alkanes) is 3. The average Bonchev–Trinajstić information content (AvgIpc) is 2.15. The van der Waals surface area contributed by atoms with Crippen molar-refractivity contribution in [2.45, 2.75) is 39.5 Å². The predicted octanol–water partition coefficient (Wildman–Crippen LogP) is 1.78. The van der Waals surface area contributed by atoms with Gasteiger partial charge in [-0.1, -0.05) is 33.1 Å². The van der Waals surface area contributed by atoms with Gasteiger partial charge in [0.25, 0.3) is 10.1 Å². The lowest BCUT2D eigenvalue weighted by Gasteiger charge is -2.19. The summed E-state index contributed by atoms with van der Waals surface area (Å²) >= 11 is 0. The van der Waals surface area contributed by atoms with Crippen LogP contribution in [0.15, 0.2) is 0 Å². The van der Waals surface area contributed by atoms with Crippen molar-refractivity contribution in [3.63, 3.8) is 0 Å². The Morgan fingerprint density at radius 2 is 1.73 bits per heavy atom. The first-order chi connectivity index (χ1) is 6.99. The summed E-state index contributed by atoms with van der Waals surface area (Å²) in [6, 6.07) is 0. The van der Waals surface area contributed by atoms with Gasteiger partial charge in [0.05, 0.1) is 5.75 Å². The fourth-order valence-corrected chi connectivity index (χ4v) is 1.92. The molecule has 0 saturated heterocycles. The molecule has 0 aromatic rings. The predicted molar refractivity (Wildman–Crippen MR) is 62.7 cm³/mol. The van der Waals surface area contributed by atoms with Gasteiger partial charge in [0.15, 0.2) is 0 Å². The Morgan fingerprint density at radius 1 is 1.07 bits per heavy atom. The van der Waals surface area contributed by atoms with Gasteiger partial charge in [-0.25, -0.2) is 0 Å². The lowest BCUT2D eigenvalue weighted by molar-refractivity contribution is 0.294. The van der Waals surface area contributed by atoms with E-state index < -0.39 is 10.1 Å². The maximum absolute atomic E-state index is 10.6. The lowest BCUT2D eigenvalue weighted by Crippen LogP contribution is -2.30. The zero-order valence-corrected chi connectivity index (χ0v) is 10.6. The van der Waals surface area contributed by atoms with E-state index in [-0.39, 0.29) is 5.75 Å². The van der Waals surface area contributed by atoms with Gasteiger partial charge in [-0.05, 0) is 19.5 Å². The highest BCUT2D eigenvalue weighted by molar-refractivity contribution is 7.85. The fraction of sp³-hybridized carbons (Fsp3) is 1.00. The van der Waals surface area contributed by atoms with Crippen LogP contribution in [0.5, 0.6) is 0 Å². The summed E-state index contributed by atoms with van der Waals surface area (Å²) in [4.78, 5) is 2.06. The van der Waals surface area contributed by atoms with Crippen LogP contribution in [0.4, 0.5) is 0 Å². The van der Waals surface area contributed by atoms with E-state index in [0.717, 1.165) is 19.5 Å². The Bertz CT molecular complexity index is 239. The fourth-order valence-electron chi connectivity index (χ4n) is 1.43. The van der Waals surface area contributed by atoms with E-state index in [4.69, 9.17) is 4.55 Å². The molecule has 15 heavy (non-hydrogen) atoms. The Balaban J connectivity index is 3.64. The highest BCUT2D eigenvalue weighted by Gasteiger charge is 2.08. The highest BCUT2D eigenvalue weighted by atomic mass is 32.2. The minimum Gasteiger partial charge on any atom is -0.303 e. The van der Waals surface area contributed by atoms with Crippen LogP contribution in [-0.2, 0) is 10.1 Å².